The Labute approximate surface area is 136 Å². The van der Waals surface area contributed by atoms with Crippen LogP contribution in [-0.4, -0.2) is 49.7 Å². The van der Waals surface area contributed by atoms with Gasteiger partial charge in [-0.25, -0.2) is 0 Å². The third-order valence-electron chi connectivity index (χ3n) is 5.04. The lowest BCUT2D eigenvalue weighted by Gasteiger charge is -2.40. The topological polar surface area (TPSA) is 55.8 Å². The zero-order valence-corrected chi connectivity index (χ0v) is 13.5. The average molecular weight is 317 g/mol. The number of nitrogens with zero attached hydrogens (tertiary/aromatic N) is 1. The van der Waals surface area contributed by atoms with E-state index in [1.54, 1.807) is 0 Å². The molecule has 0 radical (unpaired) electrons. The quantitative estimate of drug-likeness (QED) is 0.799. The summed E-state index contributed by atoms with van der Waals surface area (Å²) in [7, 11) is 1.43. The molecule has 2 fully saturated rings. The first-order valence-electron chi connectivity index (χ1n) is 8.22. The van der Waals surface area contributed by atoms with E-state index in [0.29, 0.717) is 32.5 Å². The van der Waals surface area contributed by atoms with Crippen molar-refractivity contribution in [3.8, 4) is 0 Å². The largest absolute Gasteiger partial charge is 0.468 e. The van der Waals surface area contributed by atoms with E-state index in [0.717, 1.165) is 18.4 Å². The van der Waals surface area contributed by atoms with Crippen LogP contribution in [0.4, 0.5) is 0 Å². The number of methoxy groups -OCH3 is 1. The van der Waals surface area contributed by atoms with E-state index < -0.39 is 5.41 Å². The summed E-state index contributed by atoms with van der Waals surface area (Å²) in [6, 6.07) is 9.74. The number of ether oxygens (including phenoxy) is 2. The van der Waals surface area contributed by atoms with Crippen molar-refractivity contribution >= 4 is 11.9 Å². The zero-order chi connectivity index (χ0) is 16.3. The van der Waals surface area contributed by atoms with E-state index >= 15 is 0 Å². The Morgan fingerprint density at radius 2 is 1.91 bits per heavy atom. The number of hydrogen-bond acceptors (Lipinski definition) is 4. The maximum Gasteiger partial charge on any atom is 0.316 e. The molecule has 1 aromatic rings. The molecule has 1 amide bonds. The molecule has 0 aromatic heterocycles. The number of carbonyl (C=O) groups excluding carboxylic acids is 2. The second-order valence-electron chi connectivity index (χ2n) is 6.27. The van der Waals surface area contributed by atoms with Crippen LogP contribution in [0, 0.1) is 0 Å². The molecule has 5 heteroatoms. The van der Waals surface area contributed by atoms with Crippen LogP contribution in [0.1, 0.15) is 31.2 Å². The lowest BCUT2D eigenvalue weighted by Crippen LogP contribution is -2.51. The van der Waals surface area contributed by atoms with Crippen LogP contribution in [-0.2, 0) is 24.5 Å². The van der Waals surface area contributed by atoms with Gasteiger partial charge in [-0.05, 0) is 31.2 Å². The number of benzene rings is 1. The molecule has 0 saturated carbocycles. The Morgan fingerprint density at radius 1 is 1.22 bits per heavy atom. The molecule has 2 heterocycles. The summed E-state index contributed by atoms with van der Waals surface area (Å²) < 4.78 is 10.6. The summed E-state index contributed by atoms with van der Waals surface area (Å²) >= 11 is 0. The summed E-state index contributed by atoms with van der Waals surface area (Å²) in [6.07, 6.45) is 2.62. The van der Waals surface area contributed by atoms with E-state index in [-0.39, 0.29) is 18.0 Å². The highest BCUT2D eigenvalue weighted by Gasteiger charge is 2.45. The number of carbonyl (C=O) groups is 2. The molecule has 0 spiro atoms. The van der Waals surface area contributed by atoms with Crippen LogP contribution in [0.5, 0.6) is 0 Å². The first-order chi connectivity index (χ1) is 11.2. The highest BCUT2D eigenvalue weighted by atomic mass is 16.5. The van der Waals surface area contributed by atoms with E-state index in [4.69, 9.17) is 9.47 Å². The summed E-state index contributed by atoms with van der Waals surface area (Å²) in [5.74, 6) is -0.151. The Kier molecular flexibility index (Phi) is 4.66. The Morgan fingerprint density at radius 3 is 2.48 bits per heavy atom. The minimum atomic E-state index is -0.649. The molecule has 2 aliphatic rings. The molecule has 2 aliphatic heterocycles. The molecular weight excluding hydrogens is 294 g/mol. The van der Waals surface area contributed by atoms with Crippen molar-refractivity contribution in [3.05, 3.63) is 35.9 Å². The van der Waals surface area contributed by atoms with Crippen molar-refractivity contribution in [2.45, 2.75) is 37.2 Å². The summed E-state index contributed by atoms with van der Waals surface area (Å²) in [4.78, 5) is 26.8. The van der Waals surface area contributed by atoms with Crippen molar-refractivity contribution in [2.24, 2.45) is 0 Å². The lowest BCUT2D eigenvalue weighted by atomic mass is 9.72. The lowest BCUT2D eigenvalue weighted by molar-refractivity contribution is -0.153. The molecule has 1 atom stereocenters. The van der Waals surface area contributed by atoms with Gasteiger partial charge in [0.25, 0.3) is 5.91 Å². The van der Waals surface area contributed by atoms with Gasteiger partial charge in [0.1, 0.15) is 6.10 Å². The fourth-order valence-electron chi connectivity index (χ4n) is 3.65. The standard InChI is InChI=1S/C18H23NO4/c1-22-17(21)18(14-6-3-2-4-7-14)9-11-19(12-10-18)16(20)15-8-5-13-23-15/h2-4,6-7,15H,5,8-13H2,1H3. The monoisotopic (exact) mass is 317 g/mol. The van der Waals surface area contributed by atoms with E-state index in [1.165, 1.54) is 7.11 Å². The Hall–Kier alpha value is -1.88. The maximum atomic E-state index is 12.5. The highest BCUT2D eigenvalue weighted by molar-refractivity contribution is 5.85. The Bertz CT molecular complexity index is 558. The molecular formula is C18H23NO4. The van der Waals surface area contributed by atoms with Crippen molar-refractivity contribution < 1.29 is 19.1 Å². The van der Waals surface area contributed by atoms with Crippen molar-refractivity contribution in [1.82, 2.24) is 4.90 Å². The molecule has 3 rings (SSSR count). The Balaban J connectivity index is 1.75. The van der Waals surface area contributed by atoms with Crippen LogP contribution in [0.2, 0.25) is 0 Å². The molecule has 1 aromatic carbocycles. The van der Waals surface area contributed by atoms with Crippen molar-refractivity contribution in [1.29, 1.82) is 0 Å². The number of rotatable bonds is 3. The van der Waals surface area contributed by atoms with Crippen molar-refractivity contribution in [2.75, 3.05) is 26.8 Å². The average Bonchev–Trinajstić information content (AvgIpc) is 3.16. The van der Waals surface area contributed by atoms with Gasteiger partial charge in [0.15, 0.2) is 0 Å². The number of hydrogen-bond donors (Lipinski definition) is 0. The van der Waals surface area contributed by atoms with Gasteiger partial charge in [0.05, 0.1) is 12.5 Å². The van der Waals surface area contributed by atoms with Gasteiger partial charge in [-0.2, -0.15) is 0 Å². The molecule has 124 valence electrons. The smallest absolute Gasteiger partial charge is 0.316 e. The van der Waals surface area contributed by atoms with E-state index in [9.17, 15) is 9.59 Å². The minimum Gasteiger partial charge on any atom is -0.468 e. The van der Waals surface area contributed by atoms with Crippen LogP contribution in [0.3, 0.4) is 0 Å². The molecule has 0 bridgehead atoms. The molecule has 23 heavy (non-hydrogen) atoms. The normalized spacial score (nSPS) is 23.5. The van der Waals surface area contributed by atoms with Crippen LogP contribution < -0.4 is 0 Å². The van der Waals surface area contributed by atoms with Crippen molar-refractivity contribution in [3.63, 3.8) is 0 Å². The van der Waals surface area contributed by atoms with E-state index in [1.807, 2.05) is 35.2 Å². The highest BCUT2D eigenvalue weighted by Crippen LogP contribution is 2.37. The van der Waals surface area contributed by atoms with Gasteiger partial charge in [-0.1, -0.05) is 30.3 Å². The fourth-order valence-corrected chi connectivity index (χ4v) is 3.65. The van der Waals surface area contributed by atoms with E-state index in [2.05, 4.69) is 0 Å². The van der Waals surface area contributed by atoms with Crippen LogP contribution in [0.15, 0.2) is 30.3 Å². The van der Waals surface area contributed by atoms with Gasteiger partial charge < -0.3 is 14.4 Å². The SMILES string of the molecule is COC(=O)C1(c2ccccc2)CCN(C(=O)C2CCCO2)CC1. The predicted octanol–water partition coefficient (Wildman–Crippen LogP) is 1.90. The summed E-state index contributed by atoms with van der Waals surface area (Å²) in [5, 5.41) is 0. The van der Waals surface area contributed by atoms with Crippen LogP contribution in [0.25, 0.3) is 0 Å². The number of likely N-dealkylation sites (tertiary alicyclic amines) is 1. The predicted molar refractivity (Wildman–Crippen MR) is 84.9 cm³/mol. The summed E-state index contributed by atoms with van der Waals surface area (Å²) in [5.41, 5.74) is 0.319. The third-order valence-corrected chi connectivity index (χ3v) is 5.04. The molecule has 2 saturated heterocycles. The third kappa shape index (κ3) is 2.98. The molecule has 0 N–H and O–H groups in total. The fraction of sp³-hybridized carbons (Fsp3) is 0.556. The number of piperidine rings is 1. The first kappa shape index (κ1) is 16.0. The molecule has 0 aliphatic carbocycles. The van der Waals surface area contributed by atoms with Gasteiger partial charge in [-0.15, -0.1) is 0 Å². The molecule has 5 nitrogen and oxygen atoms in total. The number of amides is 1. The molecule has 1 unspecified atom stereocenters. The number of esters is 1. The maximum absolute atomic E-state index is 12.5. The second kappa shape index (κ2) is 6.71. The van der Waals surface area contributed by atoms with Gasteiger partial charge in [0, 0.05) is 19.7 Å². The first-order valence-corrected chi connectivity index (χ1v) is 8.22. The zero-order valence-electron chi connectivity index (χ0n) is 13.5. The van der Waals surface area contributed by atoms with Gasteiger partial charge in [-0.3, -0.25) is 9.59 Å². The summed E-state index contributed by atoms with van der Waals surface area (Å²) in [6.45, 7) is 1.78. The van der Waals surface area contributed by atoms with Gasteiger partial charge in [0.2, 0.25) is 0 Å². The van der Waals surface area contributed by atoms with Gasteiger partial charge >= 0.3 is 5.97 Å². The van der Waals surface area contributed by atoms with Crippen LogP contribution >= 0.6 is 0 Å². The second-order valence-corrected chi connectivity index (χ2v) is 6.27. The minimum absolute atomic E-state index is 0.0639.